The number of carbonyl (C=O) groups is 1. The van der Waals surface area contributed by atoms with Crippen molar-refractivity contribution in [1.82, 2.24) is 4.90 Å². The van der Waals surface area contributed by atoms with Gasteiger partial charge in [0.25, 0.3) is 0 Å². The third-order valence-corrected chi connectivity index (χ3v) is 3.39. The second-order valence-electron chi connectivity index (χ2n) is 4.82. The van der Waals surface area contributed by atoms with Gasteiger partial charge in [0.05, 0.1) is 12.2 Å². The van der Waals surface area contributed by atoms with Crippen LogP contribution in [-0.2, 0) is 4.79 Å². The lowest BCUT2D eigenvalue weighted by Crippen LogP contribution is -2.27. The molecule has 0 aromatic heterocycles. The van der Waals surface area contributed by atoms with E-state index >= 15 is 0 Å². The van der Waals surface area contributed by atoms with Gasteiger partial charge in [-0.3, -0.25) is 4.79 Å². The zero-order valence-corrected chi connectivity index (χ0v) is 10.7. The van der Waals surface area contributed by atoms with Gasteiger partial charge in [-0.05, 0) is 23.8 Å². The Kier molecular flexibility index (Phi) is 3.33. The van der Waals surface area contributed by atoms with Crippen molar-refractivity contribution in [1.29, 1.82) is 0 Å². The zero-order chi connectivity index (χ0) is 14.1. The molecular weight excluding hydrogens is 262 g/mol. The second-order valence-corrected chi connectivity index (χ2v) is 4.82. The lowest BCUT2D eigenvalue weighted by molar-refractivity contribution is -0.125. The number of ether oxygens (including phenoxy) is 2. The largest absolute Gasteiger partial charge is 0.454 e. The molecule has 0 spiro atoms. The highest BCUT2D eigenvalue weighted by Crippen LogP contribution is 2.32. The Morgan fingerprint density at radius 1 is 1.20 bits per heavy atom. The van der Waals surface area contributed by atoms with Crippen LogP contribution in [0.25, 0.3) is 6.08 Å². The average molecular weight is 277 g/mol. The minimum atomic E-state index is -0.863. The molecule has 6 heteroatoms. The molecule has 2 heterocycles. The van der Waals surface area contributed by atoms with Crippen LogP contribution in [-0.4, -0.2) is 53.1 Å². The molecule has 0 unspecified atom stereocenters. The van der Waals surface area contributed by atoms with Crippen LogP contribution in [0.1, 0.15) is 5.56 Å². The third-order valence-electron chi connectivity index (χ3n) is 3.39. The van der Waals surface area contributed by atoms with E-state index in [9.17, 15) is 15.0 Å². The molecule has 0 aliphatic carbocycles. The average Bonchev–Trinajstić information content (AvgIpc) is 3.03. The third kappa shape index (κ3) is 2.48. The SMILES string of the molecule is O=C(C=Cc1ccc2c(c1)OCO2)N1C[C@@H](O)[C@@H](O)C1. The smallest absolute Gasteiger partial charge is 0.246 e. The summed E-state index contributed by atoms with van der Waals surface area (Å²) >= 11 is 0. The van der Waals surface area contributed by atoms with Crippen LogP contribution in [0.5, 0.6) is 11.5 Å². The van der Waals surface area contributed by atoms with Gasteiger partial charge in [-0.25, -0.2) is 0 Å². The number of rotatable bonds is 2. The number of aliphatic hydroxyl groups is 2. The number of aliphatic hydroxyl groups excluding tert-OH is 2. The predicted molar refractivity (Wildman–Crippen MR) is 70.2 cm³/mol. The quantitative estimate of drug-likeness (QED) is 0.743. The van der Waals surface area contributed by atoms with Gasteiger partial charge >= 0.3 is 0 Å². The van der Waals surface area contributed by atoms with Crippen molar-refractivity contribution in [3.63, 3.8) is 0 Å². The molecule has 1 fully saturated rings. The summed E-state index contributed by atoms with van der Waals surface area (Å²) in [4.78, 5) is 13.3. The first kappa shape index (κ1) is 13.0. The van der Waals surface area contributed by atoms with Crippen LogP contribution in [0.2, 0.25) is 0 Å². The fourth-order valence-electron chi connectivity index (χ4n) is 2.24. The molecule has 1 aromatic carbocycles. The highest BCUT2D eigenvalue weighted by atomic mass is 16.7. The lowest BCUT2D eigenvalue weighted by atomic mass is 10.2. The van der Waals surface area contributed by atoms with E-state index in [0.717, 1.165) is 5.56 Å². The molecule has 0 saturated carbocycles. The molecule has 2 aliphatic rings. The van der Waals surface area contributed by atoms with Crippen molar-refractivity contribution in [3.05, 3.63) is 29.8 Å². The topological polar surface area (TPSA) is 79.2 Å². The zero-order valence-electron chi connectivity index (χ0n) is 10.7. The normalized spacial score (nSPS) is 24.6. The molecule has 1 aromatic rings. The number of amides is 1. The minimum Gasteiger partial charge on any atom is -0.454 e. The molecule has 20 heavy (non-hydrogen) atoms. The summed E-state index contributed by atoms with van der Waals surface area (Å²) in [6.07, 6.45) is 1.36. The van der Waals surface area contributed by atoms with Crippen LogP contribution in [0.4, 0.5) is 0 Å². The Balaban J connectivity index is 1.67. The van der Waals surface area contributed by atoms with Crippen molar-refractivity contribution in [2.75, 3.05) is 19.9 Å². The highest BCUT2D eigenvalue weighted by Gasteiger charge is 2.31. The number of likely N-dealkylation sites (tertiary alicyclic amines) is 1. The van der Waals surface area contributed by atoms with E-state index in [1.807, 2.05) is 6.07 Å². The van der Waals surface area contributed by atoms with Crippen molar-refractivity contribution >= 4 is 12.0 Å². The van der Waals surface area contributed by atoms with Gasteiger partial charge in [-0.15, -0.1) is 0 Å². The summed E-state index contributed by atoms with van der Waals surface area (Å²) < 4.78 is 10.5. The standard InChI is InChI=1S/C14H15NO5/c16-10-6-15(7-11(10)17)14(18)4-2-9-1-3-12-13(5-9)20-8-19-12/h1-5,10-11,16-17H,6-8H2/t10-,11+. The summed E-state index contributed by atoms with van der Waals surface area (Å²) in [5, 5.41) is 18.8. The number of β-amino-alcohol motifs (C(OH)–C–C–N with tert-alkyl or cyclic N) is 2. The van der Waals surface area contributed by atoms with E-state index in [-0.39, 0.29) is 25.8 Å². The van der Waals surface area contributed by atoms with E-state index in [2.05, 4.69) is 0 Å². The fourth-order valence-corrected chi connectivity index (χ4v) is 2.24. The number of carbonyl (C=O) groups excluding carboxylic acids is 1. The molecule has 0 bridgehead atoms. The van der Waals surface area contributed by atoms with Gasteiger partial charge in [0.2, 0.25) is 12.7 Å². The highest BCUT2D eigenvalue weighted by molar-refractivity contribution is 5.92. The predicted octanol–water partition coefficient (Wildman–Crippen LogP) is -0.00750. The summed E-state index contributed by atoms with van der Waals surface area (Å²) in [5.74, 6) is 1.11. The monoisotopic (exact) mass is 277 g/mol. The van der Waals surface area contributed by atoms with E-state index in [4.69, 9.17) is 9.47 Å². The number of hydrogen-bond donors (Lipinski definition) is 2. The lowest BCUT2D eigenvalue weighted by Gasteiger charge is -2.12. The first-order valence-electron chi connectivity index (χ1n) is 6.36. The summed E-state index contributed by atoms with van der Waals surface area (Å²) in [6.45, 7) is 0.530. The molecule has 0 radical (unpaired) electrons. The summed E-state index contributed by atoms with van der Waals surface area (Å²) in [6, 6.07) is 5.40. The fraction of sp³-hybridized carbons (Fsp3) is 0.357. The number of nitrogens with zero attached hydrogens (tertiary/aromatic N) is 1. The number of hydrogen-bond acceptors (Lipinski definition) is 5. The van der Waals surface area contributed by atoms with Crippen molar-refractivity contribution < 1.29 is 24.5 Å². The first-order chi connectivity index (χ1) is 9.63. The second kappa shape index (κ2) is 5.15. The summed E-state index contributed by atoms with van der Waals surface area (Å²) in [7, 11) is 0. The van der Waals surface area contributed by atoms with E-state index in [1.54, 1.807) is 18.2 Å². The summed E-state index contributed by atoms with van der Waals surface area (Å²) in [5.41, 5.74) is 0.822. The van der Waals surface area contributed by atoms with Gasteiger partial charge < -0.3 is 24.6 Å². The maximum atomic E-state index is 11.9. The molecule has 2 atom stereocenters. The maximum absolute atomic E-state index is 11.9. The van der Waals surface area contributed by atoms with Crippen LogP contribution in [0.15, 0.2) is 24.3 Å². The molecule has 1 amide bonds. The van der Waals surface area contributed by atoms with Gasteiger partial charge in [-0.2, -0.15) is 0 Å². The first-order valence-corrected chi connectivity index (χ1v) is 6.36. The van der Waals surface area contributed by atoms with Gasteiger partial charge in [0.1, 0.15) is 0 Å². The molecule has 2 N–H and O–H groups in total. The van der Waals surface area contributed by atoms with Crippen LogP contribution in [0.3, 0.4) is 0 Å². The Hall–Kier alpha value is -2.05. The van der Waals surface area contributed by atoms with E-state index in [1.165, 1.54) is 11.0 Å². The van der Waals surface area contributed by atoms with E-state index < -0.39 is 12.2 Å². The Bertz CT molecular complexity index is 546. The Morgan fingerprint density at radius 3 is 2.65 bits per heavy atom. The number of benzene rings is 1. The Labute approximate surface area is 115 Å². The minimum absolute atomic E-state index is 0.158. The van der Waals surface area contributed by atoms with Crippen molar-refractivity contribution in [3.8, 4) is 11.5 Å². The van der Waals surface area contributed by atoms with E-state index in [0.29, 0.717) is 11.5 Å². The number of fused-ring (bicyclic) bond motifs is 1. The Morgan fingerprint density at radius 2 is 1.90 bits per heavy atom. The molecule has 1 saturated heterocycles. The van der Waals surface area contributed by atoms with Crippen LogP contribution >= 0.6 is 0 Å². The van der Waals surface area contributed by atoms with Crippen molar-refractivity contribution in [2.24, 2.45) is 0 Å². The van der Waals surface area contributed by atoms with Gasteiger partial charge in [-0.1, -0.05) is 6.07 Å². The van der Waals surface area contributed by atoms with Crippen molar-refractivity contribution in [2.45, 2.75) is 12.2 Å². The molecule has 106 valence electrons. The van der Waals surface area contributed by atoms with Gasteiger partial charge in [0.15, 0.2) is 11.5 Å². The maximum Gasteiger partial charge on any atom is 0.246 e. The van der Waals surface area contributed by atoms with Crippen LogP contribution in [0, 0.1) is 0 Å². The molecular formula is C14H15NO5. The molecule has 2 aliphatic heterocycles. The van der Waals surface area contributed by atoms with Crippen LogP contribution < -0.4 is 9.47 Å². The van der Waals surface area contributed by atoms with Gasteiger partial charge in [0, 0.05) is 19.2 Å². The molecule has 3 rings (SSSR count). The molecule has 6 nitrogen and oxygen atoms in total.